The van der Waals surface area contributed by atoms with Crippen LogP contribution in [0, 0.1) is 0 Å². The summed E-state index contributed by atoms with van der Waals surface area (Å²) in [5, 5.41) is 8.00. The van der Waals surface area contributed by atoms with Crippen molar-refractivity contribution in [2.45, 2.75) is 57.8 Å². The van der Waals surface area contributed by atoms with Gasteiger partial charge in [-0.05, 0) is 24.5 Å². The first-order valence-corrected chi connectivity index (χ1v) is 9.81. The summed E-state index contributed by atoms with van der Waals surface area (Å²) in [5.41, 5.74) is 2.13. The zero-order chi connectivity index (χ0) is 18.4. The average Bonchev–Trinajstić information content (AvgIpc) is 3.32. The van der Waals surface area contributed by atoms with Gasteiger partial charge in [-0.25, -0.2) is 0 Å². The lowest BCUT2D eigenvalue weighted by Gasteiger charge is -2.31. The number of hydrogen-bond donors (Lipinski definition) is 0. The Hall–Kier alpha value is -2.70. The highest BCUT2D eigenvalue weighted by atomic mass is 16.2. The lowest BCUT2D eigenvalue weighted by Crippen LogP contribution is -2.40. The number of carbonyl (C=O) groups is 2. The Labute approximate surface area is 158 Å². The molecule has 0 bridgehead atoms. The van der Waals surface area contributed by atoms with Gasteiger partial charge in [0.15, 0.2) is 5.82 Å². The highest BCUT2D eigenvalue weighted by Gasteiger charge is 2.37. The van der Waals surface area contributed by atoms with E-state index in [4.69, 9.17) is 0 Å². The molecule has 0 atom stereocenters. The molecule has 0 N–H and O–H groups in total. The zero-order valence-corrected chi connectivity index (χ0v) is 15.3. The van der Waals surface area contributed by atoms with Gasteiger partial charge in [-0.15, -0.1) is 10.2 Å². The molecule has 0 saturated heterocycles. The van der Waals surface area contributed by atoms with Crippen molar-refractivity contribution in [3.8, 4) is 0 Å². The molecular formula is C20H23N5O2. The van der Waals surface area contributed by atoms with E-state index >= 15 is 0 Å². The highest BCUT2D eigenvalue weighted by molar-refractivity contribution is 6.09. The van der Waals surface area contributed by atoms with Gasteiger partial charge in [-0.1, -0.05) is 31.4 Å². The van der Waals surface area contributed by atoms with Crippen LogP contribution in [0.25, 0.3) is 0 Å². The van der Waals surface area contributed by atoms with Crippen molar-refractivity contribution in [1.82, 2.24) is 24.6 Å². The lowest BCUT2D eigenvalue weighted by molar-refractivity contribution is 0.0642. The van der Waals surface area contributed by atoms with Crippen LogP contribution in [-0.2, 0) is 19.6 Å². The van der Waals surface area contributed by atoms with E-state index in [1.165, 1.54) is 19.3 Å². The minimum Gasteiger partial charge on any atom is -0.331 e. The van der Waals surface area contributed by atoms with Gasteiger partial charge in [0.1, 0.15) is 6.33 Å². The van der Waals surface area contributed by atoms with Crippen LogP contribution < -0.4 is 0 Å². The summed E-state index contributed by atoms with van der Waals surface area (Å²) in [6.07, 6.45) is 7.48. The molecule has 7 heteroatoms. The number of rotatable bonds is 2. The molecule has 5 rings (SSSR count). The van der Waals surface area contributed by atoms with Crippen LogP contribution in [0.4, 0.5) is 0 Å². The summed E-state index contributed by atoms with van der Waals surface area (Å²) >= 11 is 0. The van der Waals surface area contributed by atoms with E-state index in [1.54, 1.807) is 17.3 Å². The third-order valence-corrected chi connectivity index (χ3v) is 6.14. The molecule has 1 aromatic carbocycles. The first-order chi connectivity index (χ1) is 13.2. The van der Waals surface area contributed by atoms with Crippen molar-refractivity contribution in [2.24, 2.45) is 0 Å². The van der Waals surface area contributed by atoms with Gasteiger partial charge in [-0.3, -0.25) is 9.59 Å². The third kappa shape index (κ3) is 2.72. The Kier molecular flexibility index (Phi) is 3.95. The van der Waals surface area contributed by atoms with Gasteiger partial charge in [0.05, 0.1) is 17.7 Å². The molecule has 2 amide bonds. The van der Waals surface area contributed by atoms with Crippen LogP contribution in [-0.4, -0.2) is 49.0 Å². The maximum Gasteiger partial charge on any atom is 0.255 e. The number of benzene rings is 1. The highest BCUT2D eigenvalue weighted by Crippen LogP contribution is 2.33. The van der Waals surface area contributed by atoms with Crippen LogP contribution in [0.1, 0.15) is 64.2 Å². The van der Waals surface area contributed by atoms with E-state index in [1.807, 2.05) is 21.6 Å². The Bertz CT molecular complexity index is 900. The normalized spacial score (nSPS) is 19.9. The van der Waals surface area contributed by atoms with Gasteiger partial charge >= 0.3 is 0 Å². The molecule has 0 unspecified atom stereocenters. The molecular weight excluding hydrogens is 342 g/mol. The molecule has 1 aromatic heterocycles. The molecule has 1 aliphatic carbocycles. The van der Waals surface area contributed by atoms with Gasteiger partial charge in [0, 0.05) is 25.7 Å². The van der Waals surface area contributed by atoms with E-state index in [0.717, 1.165) is 24.2 Å². The molecule has 0 radical (unpaired) electrons. The smallest absolute Gasteiger partial charge is 0.255 e. The van der Waals surface area contributed by atoms with E-state index in [-0.39, 0.29) is 11.8 Å². The molecule has 3 aliphatic rings. The van der Waals surface area contributed by atoms with E-state index < -0.39 is 0 Å². The fourth-order valence-electron chi connectivity index (χ4n) is 4.66. The maximum atomic E-state index is 13.2. The molecule has 0 spiro atoms. The van der Waals surface area contributed by atoms with Crippen LogP contribution in [0.3, 0.4) is 0 Å². The average molecular weight is 365 g/mol. The second-order valence-electron chi connectivity index (χ2n) is 7.73. The van der Waals surface area contributed by atoms with E-state index in [0.29, 0.717) is 43.3 Å². The fourth-order valence-corrected chi connectivity index (χ4v) is 4.66. The molecule has 27 heavy (non-hydrogen) atoms. The first kappa shape index (κ1) is 16.5. The van der Waals surface area contributed by atoms with E-state index in [2.05, 4.69) is 10.2 Å². The molecule has 1 saturated carbocycles. The molecule has 2 aromatic rings. The molecule has 2 aliphatic heterocycles. The summed E-state index contributed by atoms with van der Waals surface area (Å²) in [7, 11) is 0. The number of fused-ring (bicyclic) bond motifs is 2. The maximum absolute atomic E-state index is 13.2. The standard InChI is InChI=1S/C20H23N5O2/c26-19(23-9-10-24-13-21-22-17(24)12-23)16-8-4-5-14-11-25(20(27)18(14)16)15-6-2-1-3-7-15/h4-5,8,13,15H,1-3,6-7,9-12H2. The second kappa shape index (κ2) is 6.48. The Balaban J connectivity index is 1.42. The number of carbonyl (C=O) groups excluding carboxylic acids is 2. The monoisotopic (exact) mass is 365 g/mol. The van der Waals surface area contributed by atoms with Crippen molar-refractivity contribution in [3.05, 3.63) is 47.0 Å². The zero-order valence-electron chi connectivity index (χ0n) is 15.3. The van der Waals surface area contributed by atoms with Crippen molar-refractivity contribution < 1.29 is 9.59 Å². The second-order valence-corrected chi connectivity index (χ2v) is 7.73. The van der Waals surface area contributed by atoms with Crippen LogP contribution in [0.15, 0.2) is 24.5 Å². The summed E-state index contributed by atoms with van der Waals surface area (Å²) in [4.78, 5) is 30.2. The predicted molar refractivity (Wildman–Crippen MR) is 98.0 cm³/mol. The number of amides is 2. The topological polar surface area (TPSA) is 71.3 Å². The quantitative estimate of drug-likeness (QED) is 0.818. The van der Waals surface area contributed by atoms with Gasteiger partial charge < -0.3 is 14.4 Å². The van der Waals surface area contributed by atoms with E-state index in [9.17, 15) is 9.59 Å². The number of aromatic nitrogens is 3. The van der Waals surface area contributed by atoms with Gasteiger partial charge in [-0.2, -0.15) is 0 Å². The third-order valence-electron chi connectivity index (χ3n) is 6.14. The van der Waals surface area contributed by atoms with Crippen molar-refractivity contribution in [3.63, 3.8) is 0 Å². The summed E-state index contributed by atoms with van der Waals surface area (Å²) in [6, 6.07) is 5.99. The summed E-state index contributed by atoms with van der Waals surface area (Å²) in [5.74, 6) is 0.735. The Morgan fingerprint density at radius 3 is 2.78 bits per heavy atom. The number of hydrogen-bond acceptors (Lipinski definition) is 4. The van der Waals surface area contributed by atoms with Crippen LogP contribution >= 0.6 is 0 Å². The predicted octanol–water partition coefficient (Wildman–Crippen LogP) is 2.22. The minimum atomic E-state index is -0.0834. The van der Waals surface area contributed by atoms with Gasteiger partial charge in [0.2, 0.25) is 0 Å². The van der Waals surface area contributed by atoms with Crippen LogP contribution in [0.5, 0.6) is 0 Å². The van der Waals surface area contributed by atoms with Crippen molar-refractivity contribution in [2.75, 3.05) is 6.54 Å². The largest absolute Gasteiger partial charge is 0.331 e. The fraction of sp³-hybridized carbons (Fsp3) is 0.500. The number of nitrogens with zero attached hydrogens (tertiary/aromatic N) is 5. The SMILES string of the molecule is O=C(c1cccc2c1C(=O)N(C1CCCCC1)C2)N1CCn2cnnc2C1. The van der Waals surface area contributed by atoms with Crippen molar-refractivity contribution in [1.29, 1.82) is 0 Å². The molecule has 140 valence electrons. The first-order valence-electron chi connectivity index (χ1n) is 9.81. The summed E-state index contributed by atoms with van der Waals surface area (Å²) < 4.78 is 1.97. The van der Waals surface area contributed by atoms with Gasteiger partial charge in [0.25, 0.3) is 11.8 Å². The molecule has 3 heterocycles. The molecule has 7 nitrogen and oxygen atoms in total. The van der Waals surface area contributed by atoms with Crippen LogP contribution in [0.2, 0.25) is 0 Å². The Morgan fingerprint density at radius 1 is 1.07 bits per heavy atom. The molecule has 1 fully saturated rings. The summed E-state index contributed by atoms with van der Waals surface area (Å²) in [6.45, 7) is 2.36. The Morgan fingerprint density at radius 2 is 1.93 bits per heavy atom. The minimum absolute atomic E-state index is 0.0287. The van der Waals surface area contributed by atoms with Crippen molar-refractivity contribution >= 4 is 11.8 Å². The lowest BCUT2D eigenvalue weighted by atomic mass is 9.94.